The van der Waals surface area contributed by atoms with Gasteiger partial charge in [-0.05, 0) is 73.2 Å². The zero-order valence-corrected chi connectivity index (χ0v) is 20.7. The number of fused-ring (bicyclic) bond motifs is 3. The third kappa shape index (κ3) is 4.17. The van der Waals surface area contributed by atoms with Crippen molar-refractivity contribution in [2.45, 2.75) is 19.5 Å². The zero-order valence-electron chi connectivity index (χ0n) is 20.0. The van der Waals surface area contributed by atoms with Crippen molar-refractivity contribution in [3.05, 3.63) is 131 Å². The van der Waals surface area contributed by atoms with E-state index in [1.54, 1.807) is 17.0 Å². The van der Waals surface area contributed by atoms with Gasteiger partial charge in [-0.2, -0.15) is 5.10 Å². The summed E-state index contributed by atoms with van der Waals surface area (Å²) in [5.41, 5.74) is 5.03. The maximum atomic E-state index is 13.8. The first-order valence-electron chi connectivity index (χ1n) is 11.9. The molecule has 0 fully saturated rings. The van der Waals surface area contributed by atoms with Gasteiger partial charge in [-0.3, -0.25) is 0 Å². The van der Waals surface area contributed by atoms with Crippen molar-refractivity contribution < 1.29 is 9.18 Å². The van der Waals surface area contributed by atoms with Crippen LogP contribution in [-0.4, -0.2) is 25.3 Å². The molecular weight excluding hydrogens is 489 g/mol. The molecule has 1 N–H and O–H groups in total. The molecule has 0 saturated heterocycles. The molecule has 1 atom stereocenters. The van der Waals surface area contributed by atoms with E-state index in [0.717, 1.165) is 34.0 Å². The number of benzene rings is 3. The molecule has 37 heavy (non-hydrogen) atoms. The quantitative estimate of drug-likeness (QED) is 0.286. The second-order valence-electron chi connectivity index (χ2n) is 8.96. The Kier molecular flexibility index (Phi) is 5.77. The Morgan fingerprint density at radius 2 is 1.70 bits per heavy atom. The number of aromatic nitrogens is 3. The number of nitrogens with one attached hydrogen (secondary N) is 1. The molecule has 1 aliphatic rings. The van der Waals surface area contributed by atoms with Gasteiger partial charge in [0.05, 0.1) is 29.7 Å². The number of hydrogen-bond donors (Lipinski definition) is 1. The lowest BCUT2D eigenvalue weighted by molar-refractivity contribution is 0.194. The molecule has 0 spiro atoms. The lowest BCUT2D eigenvalue weighted by Gasteiger charge is -2.31. The number of para-hydroxylation sites is 1. The van der Waals surface area contributed by atoms with Crippen LogP contribution in [0.15, 0.2) is 97.2 Å². The number of anilines is 1. The topological polar surface area (TPSA) is 55.1 Å². The summed E-state index contributed by atoms with van der Waals surface area (Å²) in [6.45, 7) is 2.27. The van der Waals surface area contributed by atoms with Gasteiger partial charge in [0, 0.05) is 22.5 Å². The third-order valence-electron chi connectivity index (χ3n) is 6.63. The van der Waals surface area contributed by atoms with Crippen LogP contribution >= 0.6 is 11.6 Å². The van der Waals surface area contributed by atoms with E-state index in [0.29, 0.717) is 17.3 Å². The van der Waals surface area contributed by atoms with Gasteiger partial charge in [-0.1, -0.05) is 41.9 Å². The summed E-state index contributed by atoms with van der Waals surface area (Å²) in [4.78, 5) is 15.6. The van der Waals surface area contributed by atoms with Gasteiger partial charge >= 0.3 is 6.03 Å². The molecule has 184 valence electrons. The van der Waals surface area contributed by atoms with Crippen LogP contribution in [0.25, 0.3) is 11.5 Å². The summed E-state index contributed by atoms with van der Waals surface area (Å²) in [6, 6.07) is 26.5. The second-order valence-corrected chi connectivity index (χ2v) is 9.39. The van der Waals surface area contributed by atoms with Crippen LogP contribution in [0.2, 0.25) is 5.02 Å². The van der Waals surface area contributed by atoms with E-state index >= 15 is 0 Å². The molecule has 3 aromatic carbocycles. The molecule has 6 rings (SSSR count). The van der Waals surface area contributed by atoms with Crippen LogP contribution in [0, 0.1) is 12.7 Å². The minimum absolute atomic E-state index is 0.306. The van der Waals surface area contributed by atoms with Gasteiger partial charge in [-0.15, -0.1) is 0 Å². The number of carbonyl (C=O) groups is 1. The minimum atomic E-state index is -0.413. The SMILES string of the molecule is Cc1nn(-c2ccccc2)c2c1CN(C(=O)Nc1ccc(F)cc1)[C@@H](c1ccc(Cl)cc1)c1cccn1-2. The maximum absolute atomic E-state index is 13.8. The van der Waals surface area contributed by atoms with Crippen molar-refractivity contribution in [2.24, 2.45) is 0 Å². The zero-order chi connectivity index (χ0) is 25.5. The van der Waals surface area contributed by atoms with Gasteiger partial charge in [-0.25, -0.2) is 13.9 Å². The van der Waals surface area contributed by atoms with Crippen molar-refractivity contribution >= 4 is 23.3 Å². The summed E-state index contributed by atoms with van der Waals surface area (Å²) in [7, 11) is 0. The van der Waals surface area contributed by atoms with Crippen LogP contribution in [0.3, 0.4) is 0 Å². The summed E-state index contributed by atoms with van der Waals surface area (Å²) < 4.78 is 17.5. The Labute approximate surface area is 218 Å². The van der Waals surface area contributed by atoms with E-state index in [-0.39, 0.29) is 11.8 Å². The van der Waals surface area contributed by atoms with E-state index in [9.17, 15) is 9.18 Å². The first-order valence-corrected chi connectivity index (χ1v) is 12.3. The molecule has 0 aliphatic carbocycles. The van der Waals surface area contributed by atoms with Crippen molar-refractivity contribution in [1.29, 1.82) is 0 Å². The average Bonchev–Trinajstić information content (AvgIpc) is 3.47. The number of hydrogen-bond acceptors (Lipinski definition) is 2. The lowest BCUT2D eigenvalue weighted by atomic mass is 10.0. The van der Waals surface area contributed by atoms with E-state index in [1.165, 1.54) is 12.1 Å². The highest BCUT2D eigenvalue weighted by molar-refractivity contribution is 6.30. The van der Waals surface area contributed by atoms with Gasteiger partial charge in [0.1, 0.15) is 11.6 Å². The summed E-state index contributed by atoms with van der Waals surface area (Å²) >= 11 is 6.21. The first-order chi connectivity index (χ1) is 18.0. The number of carbonyl (C=O) groups excluding carboxylic acids is 1. The molecule has 0 bridgehead atoms. The number of amides is 2. The summed E-state index contributed by atoms with van der Waals surface area (Å²) in [5.74, 6) is 0.526. The van der Waals surface area contributed by atoms with Crippen LogP contribution < -0.4 is 5.32 Å². The number of nitrogens with zero attached hydrogens (tertiary/aromatic N) is 4. The summed E-state index contributed by atoms with van der Waals surface area (Å²) in [6.07, 6.45) is 2.00. The van der Waals surface area contributed by atoms with Crippen molar-refractivity contribution in [1.82, 2.24) is 19.2 Å². The maximum Gasteiger partial charge on any atom is 0.322 e. The number of aryl methyl sites for hydroxylation is 1. The van der Waals surface area contributed by atoms with Crippen LogP contribution in [0.4, 0.5) is 14.9 Å². The van der Waals surface area contributed by atoms with E-state index in [2.05, 4.69) is 9.88 Å². The fourth-order valence-corrected chi connectivity index (χ4v) is 5.00. The van der Waals surface area contributed by atoms with Gasteiger partial charge in [0.25, 0.3) is 0 Å². The molecular formula is C29H23ClFN5O. The number of urea groups is 1. The standard InChI is InChI=1S/C29H23ClFN5O/c1-19-25-18-35(29(37)32-23-15-13-22(31)14-16-23)27(20-9-11-21(30)12-10-20)26-8-5-17-34(26)28(25)36(33-19)24-6-3-2-4-7-24/h2-17,27H,18H2,1H3,(H,32,37)/t27-/m0/s1. The normalized spacial score (nSPS) is 14.6. The largest absolute Gasteiger partial charge is 0.322 e. The molecule has 3 heterocycles. The molecule has 6 nitrogen and oxygen atoms in total. The smallest absolute Gasteiger partial charge is 0.308 e. The average molecular weight is 512 g/mol. The second kappa shape index (κ2) is 9.26. The molecule has 1 aliphatic heterocycles. The highest BCUT2D eigenvalue weighted by atomic mass is 35.5. The van der Waals surface area contributed by atoms with Gasteiger partial charge in [0.15, 0.2) is 0 Å². The fourth-order valence-electron chi connectivity index (χ4n) is 4.87. The Balaban J connectivity index is 1.53. The van der Waals surface area contributed by atoms with E-state index in [1.807, 2.05) is 84.5 Å². The molecule has 0 unspecified atom stereocenters. The predicted octanol–water partition coefficient (Wildman–Crippen LogP) is 6.90. The van der Waals surface area contributed by atoms with Crippen molar-refractivity contribution in [3.8, 4) is 11.5 Å². The minimum Gasteiger partial charge on any atom is -0.308 e. The van der Waals surface area contributed by atoms with Crippen LogP contribution in [-0.2, 0) is 6.54 Å². The molecule has 8 heteroatoms. The third-order valence-corrected chi connectivity index (χ3v) is 6.88. The molecule has 2 amide bonds. The summed E-state index contributed by atoms with van der Waals surface area (Å²) in [5, 5.41) is 8.42. The van der Waals surface area contributed by atoms with Crippen molar-refractivity contribution in [3.63, 3.8) is 0 Å². The Morgan fingerprint density at radius 3 is 2.43 bits per heavy atom. The van der Waals surface area contributed by atoms with E-state index < -0.39 is 6.04 Å². The Bertz CT molecular complexity index is 1580. The first kappa shape index (κ1) is 23.1. The fraction of sp³-hybridized carbons (Fsp3) is 0.103. The Morgan fingerprint density at radius 1 is 0.973 bits per heavy atom. The predicted molar refractivity (Wildman–Crippen MR) is 142 cm³/mol. The molecule has 0 saturated carbocycles. The molecule has 2 aromatic heterocycles. The van der Waals surface area contributed by atoms with Crippen molar-refractivity contribution in [2.75, 3.05) is 5.32 Å². The van der Waals surface area contributed by atoms with Gasteiger partial charge in [0.2, 0.25) is 0 Å². The monoisotopic (exact) mass is 511 g/mol. The lowest BCUT2D eigenvalue weighted by Crippen LogP contribution is -2.38. The highest BCUT2D eigenvalue weighted by Crippen LogP contribution is 2.39. The van der Waals surface area contributed by atoms with Crippen LogP contribution in [0.1, 0.15) is 28.6 Å². The van der Waals surface area contributed by atoms with Gasteiger partial charge < -0.3 is 14.8 Å². The Hall–Kier alpha value is -4.36. The number of halogens is 2. The van der Waals surface area contributed by atoms with E-state index in [4.69, 9.17) is 16.7 Å². The number of rotatable bonds is 3. The highest BCUT2D eigenvalue weighted by Gasteiger charge is 2.36. The molecule has 0 radical (unpaired) electrons. The van der Waals surface area contributed by atoms with Crippen LogP contribution in [0.5, 0.6) is 0 Å². The molecule has 5 aromatic rings.